The molecule has 0 atom stereocenters. The number of alkyl halides is 6. The molecule has 2 heterocycles. The van der Waals surface area contributed by atoms with Gasteiger partial charge in [0.1, 0.15) is 6.26 Å². The summed E-state index contributed by atoms with van der Waals surface area (Å²) >= 11 is 0. The molecule has 17 heteroatoms. The molecule has 2 N–H and O–H groups in total. The summed E-state index contributed by atoms with van der Waals surface area (Å²) in [5, 5.41) is 10.9. The Hall–Kier alpha value is -4.38. The lowest BCUT2D eigenvalue weighted by Gasteiger charge is -2.21. The van der Waals surface area contributed by atoms with E-state index in [1.807, 2.05) is 0 Å². The average molecular weight is 635 g/mol. The number of aliphatic carboxylic acids is 1. The normalized spacial score (nSPS) is 12.1. The molecule has 43 heavy (non-hydrogen) atoms. The lowest BCUT2D eigenvalue weighted by molar-refractivity contribution is -0.192. The van der Waals surface area contributed by atoms with Crippen LogP contribution in [0.5, 0.6) is 0 Å². The molecule has 0 fully saturated rings. The van der Waals surface area contributed by atoms with Crippen LogP contribution in [0.2, 0.25) is 0 Å². The summed E-state index contributed by atoms with van der Waals surface area (Å²) in [6, 6.07) is 11.2. The third kappa shape index (κ3) is 8.81. The molecule has 4 aromatic rings. The van der Waals surface area contributed by atoms with Gasteiger partial charge in [0, 0.05) is 23.2 Å². The summed E-state index contributed by atoms with van der Waals surface area (Å²) in [6.45, 7) is 2.11. The standard InChI is InChI=1S/C24H23F3N4O4S.C2HF3O2/c1-15-16(2)29-35-22(15)30-36(32,33)21-7-5-4-6-20(21)19-9-8-17(23-28-10-11-34-23)12-18(19)13-31(3)14-24(25,26)27;3-2(4,5)1(6)7/h4-12,30H,13-14H2,1-3H3;(H,6,7). The van der Waals surface area contributed by atoms with E-state index in [2.05, 4.69) is 14.9 Å². The minimum atomic E-state index is -5.08. The topological polar surface area (TPSA) is 139 Å². The maximum absolute atomic E-state index is 13.3. The number of nitrogens with one attached hydrogen (secondary N) is 1. The zero-order valence-corrected chi connectivity index (χ0v) is 23.4. The van der Waals surface area contributed by atoms with Crippen molar-refractivity contribution >= 4 is 21.9 Å². The Kier molecular flexibility index (Phi) is 9.91. The maximum atomic E-state index is 13.3. The molecule has 0 bridgehead atoms. The molecular weight excluding hydrogens is 610 g/mol. The number of aromatic nitrogens is 2. The molecule has 0 radical (unpaired) electrons. The minimum Gasteiger partial charge on any atom is -0.475 e. The molecule has 0 saturated heterocycles. The second-order valence-electron chi connectivity index (χ2n) is 9.12. The largest absolute Gasteiger partial charge is 0.490 e. The van der Waals surface area contributed by atoms with Gasteiger partial charge in [0.05, 0.1) is 23.3 Å². The highest BCUT2D eigenvalue weighted by Crippen LogP contribution is 2.35. The molecule has 2 aromatic carbocycles. The van der Waals surface area contributed by atoms with Crippen molar-refractivity contribution in [2.24, 2.45) is 0 Å². The first-order valence-electron chi connectivity index (χ1n) is 12.0. The van der Waals surface area contributed by atoms with Gasteiger partial charge in [-0.25, -0.2) is 22.9 Å². The number of hydrogen-bond acceptors (Lipinski definition) is 8. The minimum absolute atomic E-state index is 0.00770. The van der Waals surface area contributed by atoms with Gasteiger partial charge in [-0.2, -0.15) is 26.3 Å². The molecule has 0 unspecified atom stereocenters. The monoisotopic (exact) mass is 634 g/mol. The first kappa shape index (κ1) is 33.1. The molecule has 0 saturated carbocycles. The van der Waals surface area contributed by atoms with E-state index in [0.29, 0.717) is 39.4 Å². The summed E-state index contributed by atoms with van der Waals surface area (Å²) < 4.78 is 110. The van der Waals surface area contributed by atoms with Crippen LogP contribution in [0.15, 0.2) is 68.8 Å². The van der Waals surface area contributed by atoms with Crippen LogP contribution in [0.1, 0.15) is 16.8 Å². The second kappa shape index (κ2) is 12.9. The van der Waals surface area contributed by atoms with Crippen LogP contribution in [0, 0.1) is 13.8 Å². The Morgan fingerprint density at radius 3 is 2.23 bits per heavy atom. The first-order chi connectivity index (χ1) is 19.9. The molecule has 0 aliphatic rings. The predicted molar refractivity (Wildman–Crippen MR) is 140 cm³/mol. The summed E-state index contributed by atoms with van der Waals surface area (Å²) in [7, 11) is -2.80. The van der Waals surface area contributed by atoms with Crippen LogP contribution in [-0.4, -0.2) is 60.5 Å². The molecule has 2 aromatic heterocycles. The van der Waals surface area contributed by atoms with Crippen LogP contribution < -0.4 is 4.72 Å². The van der Waals surface area contributed by atoms with Crippen LogP contribution in [0.25, 0.3) is 22.6 Å². The zero-order valence-electron chi connectivity index (χ0n) is 22.6. The van der Waals surface area contributed by atoms with Crippen molar-refractivity contribution < 1.29 is 53.6 Å². The fraction of sp³-hybridized carbons (Fsp3) is 0.269. The summed E-state index contributed by atoms with van der Waals surface area (Å²) in [6.07, 6.45) is -6.63. The van der Waals surface area contributed by atoms with Crippen LogP contribution >= 0.6 is 0 Å². The fourth-order valence-electron chi connectivity index (χ4n) is 3.75. The van der Waals surface area contributed by atoms with Crippen LogP contribution in [0.3, 0.4) is 0 Å². The number of oxazole rings is 1. The van der Waals surface area contributed by atoms with Crippen molar-refractivity contribution in [2.75, 3.05) is 18.3 Å². The summed E-state index contributed by atoms with van der Waals surface area (Å²) in [5.74, 6) is -2.47. The van der Waals surface area contributed by atoms with Crippen LogP contribution in [0.4, 0.5) is 32.2 Å². The number of rotatable bonds is 8. The van der Waals surface area contributed by atoms with Gasteiger partial charge in [0.25, 0.3) is 10.0 Å². The number of carboxylic acids is 1. The lowest BCUT2D eigenvalue weighted by atomic mass is 9.97. The summed E-state index contributed by atoms with van der Waals surface area (Å²) in [4.78, 5) is 14.0. The van der Waals surface area contributed by atoms with E-state index in [-0.39, 0.29) is 17.3 Å². The van der Waals surface area contributed by atoms with Gasteiger partial charge in [-0.15, -0.1) is 0 Å². The number of benzene rings is 2. The van der Waals surface area contributed by atoms with Crippen LogP contribution in [-0.2, 0) is 21.4 Å². The number of nitrogens with zero attached hydrogens (tertiary/aromatic N) is 3. The van der Waals surface area contributed by atoms with E-state index in [4.69, 9.17) is 18.8 Å². The molecular formula is C26H24F6N4O6S. The quantitative estimate of drug-likeness (QED) is 0.222. The molecule has 0 amide bonds. The third-order valence-corrected chi connectivity index (χ3v) is 7.16. The Morgan fingerprint density at radius 2 is 1.70 bits per heavy atom. The maximum Gasteiger partial charge on any atom is 0.490 e. The van der Waals surface area contributed by atoms with E-state index in [9.17, 15) is 34.8 Å². The fourth-order valence-corrected chi connectivity index (χ4v) is 5.02. The average Bonchev–Trinajstić information content (AvgIpc) is 3.54. The smallest absolute Gasteiger partial charge is 0.475 e. The number of carbonyl (C=O) groups is 1. The number of aryl methyl sites for hydroxylation is 1. The van der Waals surface area contributed by atoms with E-state index in [0.717, 1.165) is 4.90 Å². The van der Waals surface area contributed by atoms with Crippen molar-refractivity contribution in [1.29, 1.82) is 0 Å². The van der Waals surface area contributed by atoms with Gasteiger partial charge in [-0.1, -0.05) is 29.4 Å². The zero-order chi connectivity index (χ0) is 32.2. The molecule has 0 aliphatic heterocycles. The van der Waals surface area contributed by atoms with Crippen molar-refractivity contribution in [3.8, 4) is 22.6 Å². The Labute approximate surface area is 241 Å². The third-order valence-electron chi connectivity index (χ3n) is 5.77. The summed E-state index contributed by atoms with van der Waals surface area (Å²) in [5.41, 5.74) is 2.86. The second-order valence-corrected chi connectivity index (χ2v) is 10.8. The Balaban J connectivity index is 0.000000646. The van der Waals surface area contributed by atoms with Gasteiger partial charge < -0.3 is 14.0 Å². The molecule has 232 valence electrons. The Bertz CT molecular complexity index is 1670. The van der Waals surface area contributed by atoms with E-state index in [1.165, 1.54) is 25.6 Å². The van der Waals surface area contributed by atoms with E-state index >= 15 is 0 Å². The highest BCUT2D eigenvalue weighted by Gasteiger charge is 2.38. The lowest BCUT2D eigenvalue weighted by Crippen LogP contribution is -2.30. The molecule has 4 rings (SSSR count). The number of anilines is 1. The van der Waals surface area contributed by atoms with E-state index < -0.39 is 34.9 Å². The predicted octanol–water partition coefficient (Wildman–Crippen LogP) is 6.04. The van der Waals surface area contributed by atoms with E-state index in [1.54, 1.807) is 50.2 Å². The van der Waals surface area contributed by atoms with Gasteiger partial charge >= 0.3 is 18.3 Å². The SMILES string of the molecule is Cc1noc(NS(=O)(=O)c2ccccc2-c2ccc(-c3ncco3)cc2CN(C)CC(F)(F)F)c1C.O=C(O)C(F)(F)F. The van der Waals surface area contributed by atoms with Gasteiger partial charge in [-0.05, 0) is 50.2 Å². The van der Waals surface area contributed by atoms with Crippen molar-refractivity contribution in [2.45, 2.75) is 37.6 Å². The Morgan fingerprint density at radius 1 is 1.05 bits per heavy atom. The molecule has 0 aliphatic carbocycles. The highest BCUT2D eigenvalue weighted by atomic mass is 32.2. The van der Waals surface area contributed by atoms with Crippen molar-refractivity contribution in [1.82, 2.24) is 15.0 Å². The number of hydrogen-bond donors (Lipinski definition) is 2. The highest BCUT2D eigenvalue weighted by molar-refractivity contribution is 7.92. The number of carboxylic acid groups (broad SMARTS) is 1. The van der Waals surface area contributed by atoms with Gasteiger partial charge in [0.15, 0.2) is 0 Å². The first-order valence-corrected chi connectivity index (χ1v) is 13.5. The molecule has 10 nitrogen and oxygen atoms in total. The van der Waals surface area contributed by atoms with Gasteiger partial charge in [0.2, 0.25) is 11.8 Å². The number of halogens is 6. The van der Waals surface area contributed by atoms with Gasteiger partial charge in [-0.3, -0.25) is 4.90 Å². The van der Waals surface area contributed by atoms with Crippen molar-refractivity contribution in [3.05, 3.63) is 71.7 Å². The number of sulfonamides is 1. The molecule has 0 spiro atoms. The van der Waals surface area contributed by atoms with Crippen molar-refractivity contribution in [3.63, 3.8) is 0 Å².